The molecule has 1 N–H and O–H groups in total. The maximum absolute atomic E-state index is 4.20. The van der Waals surface area contributed by atoms with Crippen LogP contribution in [0.25, 0.3) is 0 Å². The Bertz CT molecular complexity index is 288. The summed E-state index contributed by atoms with van der Waals surface area (Å²) in [6.07, 6.45) is 8.03. The van der Waals surface area contributed by atoms with Crippen molar-refractivity contribution in [3.05, 3.63) is 18.0 Å². The zero-order valence-electron chi connectivity index (χ0n) is 9.03. The Balaban J connectivity index is 1.92. The highest BCUT2D eigenvalue weighted by atomic mass is 15.2. The minimum atomic E-state index is 0.671. The monoisotopic (exact) mass is 193 g/mol. The summed E-state index contributed by atoms with van der Waals surface area (Å²) >= 11 is 0. The highest BCUT2D eigenvalue weighted by Crippen LogP contribution is 2.33. The molecule has 1 heterocycles. The summed E-state index contributed by atoms with van der Waals surface area (Å²) in [5.74, 6) is 0.912. The fraction of sp³-hybridized carbons (Fsp3) is 0.727. The molecule has 1 aliphatic rings. The molecular formula is C11H19N3. The van der Waals surface area contributed by atoms with Crippen molar-refractivity contribution < 1.29 is 0 Å². The highest BCUT2D eigenvalue weighted by Gasteiger charge is 2.30. The van der Waals surface area contributed by atoms with E-state index in [0.29, 0.717) is 6.04 Å². The lowest BCUT2D eigenvalue weighted by Gasteiger charge is -2.15. The Morgan fingerprint density at radius 3 is 2.93 bits per heavy atom. The van der Waals surface area contributed by atoms with Gasteiger partial charge >= 0.3 is 0 Å². The van der Waals surface area contributed by atoms with Crippen molar-refractivity contribution in [3.8, 4) is 0 Å². The van der Waals surface area contributed by atoms with Crippen molar-refractivity contribution in [3.63, 3.8) is 0 Å². The van der Waals surface area contributed by atoms with Gasteiger partial charge in [-0.2, -0.15) is 5.10 Å². The first-order chi connectivity index (χ1) is 6.79. The second kappa shape index (κ2) is 4.13. The molecule has 3 nitrogen and oxygen atoms in total. The lowest BCUT2D eigenvalue weighted by molar-refractivity contribution is 0.472. The van der Waals surface area contributed by atoms with E-state index in [0.717, 1.165) is 18.9 Å². The number of nitrogens with one attached hydrogen (secondary N) is 1. The molecule has 78 valence electrons. The van der Waals surface area contributed by atoms with Gasteiger partial charge in [-0.05, 0) is 37.3 Å². The highest BCUT2D eigenvalue weighted by molar-refractivity contribution is 5.07. The number of hydrogen-bond acceptors (Lipinski definition) is 2. The molecule has 1 aromatic heterocycles. The zero-order valence-corrected chi connectivity index (χ0v) is 9.03. The smallest absolute Gasteiger partial charge is 0.0522 e. The molecule has 1 unspecified atom stereocenters. The largest absolute Gasteiger partial charge is 0.314 e. The van der Waals surface area contributed by atoms with Crippen LogP contribution in [-0.4, -0.2) is 22.4 Å². The van der Waals surface area contributed by atoms with E-state index in [2.05, 4.69) is 23.5 Å². The average Bonchev–Trinajstić information content (AvgIpc) is 2.91. The number of aromatic nitrogens is 2. The molecule has 0 amide bonds. The normalized spacial score (nSPS) is 18.4. The number of nitrogens with zero attached hydrogens (tertiary/aromatic N) is 2. The SMILES string of the molecule is CCNC(Cc1cnn(C)c1)C1CC1. The van der Waals surface area contributed by atoms with E-state index >= 15 is 0 Å². The second-order valence-corrected chi connectivity index (χ2v) is 4.23. The molecule has 1 aliphatic carbocycles. The maximum Gasteiger partial charge on any atom is 0.0522 e. The summed E-state index contributed by atoms with van der Waals surface area (Å²) in [5, 5.41) is 7.76. The van der Waals surface area contributed by atoms with Crippen LogP contribution in [-0.2, 0) is 13.5 Å². The molecule has 0 saturated heterocycles. The van der Waals surface area contributed by atoms with Gasteiger partial charge in [0.25, 0.3) is 0 Å². The van der Waals surface area contributed by atoms with Crippen molar-refractivity contribution in [2.24, 2.45) is 13.0 Å². The van der Waals surface area contributed by atoms with Crippen LogP contribution >= 0.6 is 0 Å². The molecule has 1 aromatic rings. The summed E-state index contributed by atoms with van der Waals surface area (Å²) < 4.78 is 1.88. The van der Waals surface area contributed by atoms with E-state index in [-0.39, 0.29) is 0 Å². The number of likely N-dealkylation sites (N-methyl/N-ethyl adjacent to an activating group) is 1. The van der Waals surface area contributed by atoms with Crippen LogP contribution in [0, 0.1) is 5.92 Å². The van der Waals surface area contributed by atoms with Gasteiger partial charge in [0, 0.05) is 19.3 Å². The summed E-state index contributed by atoms with van der Waals surface area (Å²) in [6, 6.07) is 0.671. The van der Waals surface area contributed by atoms with Crippen molar-refractivity contribution in [1.82, 2.24) is 15.1 Å². The van der Waals surface area contributed by atoms with Gasteiger partial charge in [-0.25, -0.2) is 0 Å². The number of hydrogen-bond donors (Lipinski definition) is 1. The van der Waals surface area contributed by atoms with Crippen LogP contribution in [0.5, 0.6) is 0 Å². The van der Waals surface area contributed by atoms with Crippen LogP contribution in [0.2, 0.25) is 0 Å². The quantitative estimate of drug-likeness (QED) is 0.765. The van der Waals surface area contributed by atoms with Crippen LogP contribution < -0.4 is 5.32 Å². The molecule has 0 aliphatic heterocycles. The van der Waals surface area contributed by atoms with Crippen LogP contribution in [0.1, 0.15) is 25.3 Å². The predicted molar refractivity (Wildman–Crippen MR) is 57.1 cm³/mol. The number of rotatable bonds is 5. The summed E-state index contributed by atoms with van der Waals surface area (Å²) in [5.41, 5.74) is 1.35. The number of aryl methyl sites for hydroxylation is 1. The molecule has 1 atom stereocenters. The average molecular weight is 193 g/mol. The molecule has 0 bridgehead atoms. The Labute approximate surface area is 85.5 Å². The predicted octanol–water partition coefficient (Wildman–Crippen LogP) is 1.35. The fourth-order valence-corrected chi connectivity index (χ4v) is 2.00. The minimum absolute atomic E-state index is 0.671. The first-order valence-corrected chi connectivity index (χ1v) is 5.50. The maximum atomic E-state index is 4.20. The third-order valence-electron chi connectivity index (χ3n) is 2.87. The topological polar surface area (TPSA) is 29.9 Å². The van der Waals surface area contributed by atoms with E-state index in [4.69, 9.17) is 0 Å². The van der Waals surface area contributed by atoms with Crippen molar-refractivity contribution >= 4 is 0 Å². The van der Waals surface area contributed by atoms with Gasteiger partial charge in [0.05, 0.1) is 6.20 Å². The van der Waals surface area contributed by atoms with Crippen LogP contribution in [0.15, 0.2) is 12.4 Å². The van der Waals surface area contributed by atoms with Crippen molar-refractivity contribution in [2.75, 3.05) is 6.54 Å². The Morgan fingerprint density at radius 2 is 2.43 bits per heavy atom. The van der Waals surface area contributed by atoms with Gasteiger partial charge in [0.1, 0.15) is 0 Å². The molecule has 1 saturated carbocycles. The minimum Gasteiger partial charge on any atom is -0.314 e. The first kappa shape index (κ1) is 9.71. The van der Waals surface area contributed by atoms with Gasteiger partial charge in [0.2, 0.25) is 0 Å². The lowest BCUT2D eigenvalue weighted by atomic mass is 10.1. The molecule has 14 heavy (non-hydrogen) atoms. The summed E-state index contributed by atoms with van der Waals surface area (Å²) in [4.78, 5) is 0. The molecule has 0 spiro atoms. The molecule has 1 fully saturated rings. The molecule has 0 radical (unpaired) electrons. The van der Waals surface area contributed by atoms with E-state index < -0.39 is 0 Å². The van der Waals surface area contributed by atoms with E-state index in [1.165, 1.54) is 18.4 Å². The van der Waals surface area contributed by atoms with Gasteiger partial charge in [-0.3, -0.25) is 4.68 Å². The standard InChI is InChI=1S/C11H19N3/c1-3-12-11(10-4-5-10)6-9-7-13-14(2)8-9/h7-8,10-12H,3-6H2,1-2H3. The summed E-state index contributed by atoms with van der Waals surface area (Å²) in [6.45, 7) is 3.25. The van der Waals surface area contributed by atoms with Crippen molar-refractivity contribution in [2.45, 2.75) is 32.2 Å². The zero-order chi connectivity index (χ0) is 9.97. The Hall–Kier alpha value is -0.830. The third kappa shape index (κ3) is 2.35. The van der Waals surface area contributed by atoms with E-state index in [1.807, 2.05) is 17.9 Å². The van der Waals surface area contributed by atoms with E-state index in [1.54, 1.807) is 0 Å². The van der Waals surface area contributed by atoms with E-state index in [9.17, 15) is 0 Å². The van der Waals surface area contributed by atoms with Crippen LogP contribution in [0.4, 0.5) is 0 Å². The Morgan fingerprint density at radius 1 is 1.64 bits per heavy atom. The third-order valence-corrected chi connectivity index (χ3v) is 2.87. The molecular weight excluding hydrogens is 174 g/mol. The summed E-state index contributed by atoms with van der Waals surface area (Å²) in [7, 11) is 1.98. The van der Waals surface area contributed by atoms with Gasteiger partial charge in [-0.15, -0.1) is 0 Å². The van der Waals surface area contributed by atoms with Gasteiger partial charge < -0.3 is 5.32 Å². The first-order valence-electron chi connectivity index (χ1n) is 5.50. The van der Waals surface area contributed by atoms with Gasteiger partial charge in [-0.1, -0.05) is 6.92 Å². The van der Waals surface area contributed by atoms with Crippen LogP contribution in [0.3, 0.4) is 0 Å². The Kier molecular flexibility index (Phi) is 2.87. The van der Waals surface area contributed by atoms with Gasteiger partial charge in [0.15, 0.2) is 0 Å². The molecule has 2 rings (SSSR count). The lowest BCUT2D eigenvalue weighted by Crippen LogP contribution is -2.32. The van der Waals surface area contributed by atoms with Crippen molar-refractivity contribution in [1.29, 1.82) is 0 Å². The molecule has 0 aromatic carbocycles. The fourth-order valence-electron chi connectivity index (χ4n) is 2.00. The molecule has 3 heteroatoms. The second-order valence-electron chi connectivity index (χ2n) is 4.23.